The van der Waals surface area contributed by atoms with Gasteiger partial charge in [0.1, 0.15) is 13.2 Å². The lowest BCUT2D eigenvalue weighted by molar-refractivity contribution is -0.167. The van der Waals surface area contributed by atoms with Crippen LogP contribution in [-0.2, 0) is 28.6 Å². The Labute approximate surface area is 355 Å². The summed E-state index contributed by atoms with van der Waals surface area (Å²) in [5.74, 6) is 1.56. The molecule has 1 atom stereocenters. The first-order valence-corrected chi connectivity index (χ1v) is 25.1. The summed E-state index contributed by atoms with van der Waals surface area (Å²) < 4.78 is 16.8. The molecule has 0 radical (unpaired) electrons. The summed E-state index contributed by atoms with van der Waals surface area (Å²) in [5.41, 5.74) is 0. The summed E-state index contributed by atoms with van der Waals surface area (Å²) in [4.78, 5) is 37.8. The Kier molecular flexibility index (Phi) is 41.3. The molecule has 6 nitrogen and oxygen atoms in total. The smallest absolute Gasteiger partial charge is 0.306 e. The number of ether oxygens (including phenoxy) is 3. The summed E-state index contributed by atoms with van der Waals surface area (Å²) in [7, 11) is 0. The number of esters is 3. The number of unbranched alkanes of at least 4 members (excludes halogenated alkanes) is 27. The molecule has 0 unspecified atom stereocenters. The Morgan fingerprint density at radius 3 is 0.754 bits per heavy atom. The molecule has 0 aliphatic rings. The second-order valence-electron chi connectivity index (χ2n) is 18.9. The van der Waals surface area contributed by atoms with Crippen molar-refractivity contribution in [3.05, 3.63) is 0 Å². The summed E-state index contributed by atoms with van der Waals surface area (Å²) in [5, 5.41) is 0. The van der Waals surface area contributed by atoms with Crippen LogP contribution in [0.1, 0.15) is 273 Å². The van der Waals surface area contributed by atoms with E-state index in [-0.39, 0.29) is 31.1 Å². The molecule has 0 fully saturated rings. The number of hydrogen-bond acceptors (Lipinski definition) is 6. The number of hydrogen-bond donors (Lipinski definition) is 0. The molecular formula is C51H98O6. The molecule has 0 aromatic rings. The van der Waals surface area contributed by atoms with Crippen molar-refractivity contribution in [2.45, 2.75) is 279 Å². The van der Waals surface area contributed by atoms with Gasteiger partial charge in [0.25, 0.3) is 0 Å². The van der Waals surface area contributed by atoms with Crippen LogP contribution >= 0.6 is 0 Å². The molecule has 57 heavy (non-hydrogen) atoms. The van der Waals surface area contributed by atoms with Gasteiger partial charge in [0.15, 0.2) is 6.10 Å². The van der Waals surface area contributed by atoms with Crippen LogP contribution in [-0.4, -0.2) is 37.2 Å². The molecule has 0 saturated carbocycles. The quantitative estimate of drug-likeness (QED) is 0.0347. The second-order valence-corrected chi connectivity index (χ2v) is 18.9. The third-order valence-electron chi connectivity index (χ3n) is 11.4. The highest BCUT2D eigenvalue weighted by Crippen LogP contribution is 2.17. The molecule has 0 heterocycles. The molecule has 0 amide bonds. The van der Waals surface area contributed by atoms with Crippen LogP contribution in [0.15, 0.2) is 0 Å². The maximum atomic E-state index is 12.7. The Morgan fingerprint density at radius 2 is 0.509 bits per heavy atom. The summed E-state index contributed by atoms with van der Waals surface area (Å²) in [6.07, 6.45) is 41.1. The summed E-state index contributed by atoms with van der Waals surface area (Å²) >= 11 is 0. The summed E-state index contributed by atoms with van der Waals surface area (Å²) in [6, 6.07) is 0. The normalized spacial score (nSPS) is 12.2. The van der Waals surface area contributed by atoms with Crippen molar-refractivity contribution < 1.29 is 28.6 Å². The summed E-state index contributed by atoms with van der Waals surface area (Å²) in [6.45, 7) is 13.6. The van der Waals surface area contributed by atoms with Gasteiger partial charge in [0.05, 0.1) is 0 Å². The van der Waals surface area contributed by atoms with E-state index in [9.17, 15) is 14.4 Å². The van der Waals surface area contributed by atoms with Crippen molar-refractivity contribution in [2.75, 3.05) is 13.2 Å². The van der Waals surface area contributed by atoms with Crippen molar-refractivity contribution in [1.29, 1.82) is 0 Å². The molecule has 338 valence electrons. The number of carbonyl (C=O) groups excluding carboxylic acids is 3. The second kappa shape index (κ2) is 42.5. The van der Waals surface area contributed by atoms with E-state index >= 15 is 0 Å². The lowest BCUT2D eigenvalue weighted by atomic mass is 10.0. The molecule has 0 N–H and O–H groups in total. The van der Waals surface area contributed by atoms with Gasteiger partial charge in [-0.15, -0.1) is 0 Å². The SMILES string of the molecule is CC(C)CCCCCCCCCCCCCCCCCC(=O)OC[C@H](COC(=O)CCCCCCCCCC(C)C)OC(=O)CCCCCCCCCCC(C)C. The third kappa shape index (κ3) is 45.3. The molecule has 6 heteroatoms. The van der Waals surface area contributed by atoms with Gasteiger partial charge in [-0.2, -0.15) is 0 Å². The van der Waals surface area contributed by atoms with E-state index in [1.165, 1.54) is 154 Å². The van der Waals surface area contributed by atoms with Gasteiger partial charge < -0.3 is 14.2 Å². The first-order valence-electron chi connectivity index (χ1n) is 25.1. The Hall–Kier alpha value is -1.59. The van der Waals surface area contributed by atoms with Crippen LogP contribution in [0.5, 0.6) is 0 Å². The monoisotopic (exact) mass is 807 g/mol. The zero-order valence-corrected chi connectivity index (χ0v) is 39.1. The van der Waals surface area contributed by atoms with Crippen LogP contribution in [0.4, 0.5) is 0 Å². The molecular weight excluding hydrogens is 709 g/mol. The van der Waals surface area contributed by atoms with Crippen LogP contribution < -0.4 is 0 Å². The molecule has 0 bridgehead atoms. The van der Waals surface area contributed by atoms with Gasteiger partial charge in [-0.05, 0) is 37.0 Å². The van der Waals surface area contributed by atoms with Gasteiger partial charge in [-0.25, -0.2) is 0 Å². The average molecular weight is 807 g/mol. The first kappa shape index (κ1) is 55.4. The molecule has 0 spiro atoms. The maximum Gasteiger partial charge on any atom is 0.306 e. The van der Waals surface area contributed by atoms with Crippen molar-refractivity contribution in [3.63, 3.8) is 0 Å². The van der Waals surface area contributed by atoms with Gasteiger partial charge in [-0.1, -0.05) is 234 Å². The van der Waals surface area contributed by atoms with Crippen LogP contribution in [0.2, 0.25) is 0 Å². The average Bonchev–Trinajstić information content (AvgIpc) is 3.16. The highest BCUT2D eigenvalue weighted by atomic mass is 16.6. The minimum atomic E-state index is -0.762. The van der Waals surface area contributed by atoms with E-state index in [2.05, 4.69) is 41.5 Å². The first-order chi connectivity index (χ1) is 27.6. The predicted octanol–water partition coefficient (Wildman–Crippen LogP) is 16.0. The molecule has 0 aromatic carbocycles. The van der Waals surface area contributed by atoms with Gasteiger partial charge in [0.2, 0.25) is 0 Å². The van der Waals surface area contributed by atoms with E-state index in [0.717, 1.165) is 75.5 Å². The van der Waals surface area contributed by atoms with E-state index < -0.39 is 6.10 Å². The Bertz CT molecular complexity index is 883. The topological polar surface area (TPSA) is 78.9 Å². The maximum absolute atomic E-state index is 12.7. The minimum Gasteiger partial charge on any atom is -0.462 e. The molecule has 0 aliphatic heterocycles. The zero-order chi connectivity index (χ0) is 42.0. The zero-order valence-electron chi connectivity index (χ0n) is 39.1. The van der Waals surface area contributed by atoms with Crippen molar-refractivity contribution >= 4 is 17.9 Å². The number of carbonyl (C=O) groups is 3. The lowest BCUT2D eigenvalue weighted by Crippen LogP contribution is -2.30. The van der Waals surface area contributed by atoms with E-state index in [1.54, 1.807) is 0 Å². The highest BCUT2D eigenvalue weighted by molar-refractivity contribution is 5.71. The fraction of sp³-hybridized carbons (Fsp3) is 0.941. The van der Waals surface area contributed by atoms with E-state index in [1.807, 2.05) is 0 Å². The lowest BCUT2D eigenvalue weighted by Gasteiger charge is -2.18. The Morgan fingerprint density at radius 1 is 0.298 bits per heavy atom. The van der Waals surface area contributed by atoms with Crippen LogP contribution in [0.25, 0.3) is 0 Å². The van der Waals surface area contributed by atoms with Crippen LogP contribution in [0.3, 0.4) is 0 Å². The van der Waals surface area contributed by atoms with Gasteiger partial charge >= 0.3 is 17.9 Å². The largest absolute Gasteiger partial charge is 0.462 e. The standard InChI is InChI=1S/C51H98O6/c1-45(2)37-31-25-19-14-12-10-8-7-9-11-13-15-22-28-34-40-49(52)55-43-48(44-56-50(53)41-35-29-24-18-21-27-33-39-47(5)6)57-51(54)42-36-30-23-17-16-20-26-32-38-46(3)4/h45-48H,7-44H2,1-6H3/t48-/m1/s1. The van der Waals surface area contributed by atoms with Crippen molar-refractivity contribution in [3.8, 4) is 0 Å². The van der Waals surface area contributed by atoms with Gasteiger partial charge in [-0.3, -0.25) is 14.4 Å². The van der Waals surface area contributed by atoms with Crippen LogP contribution in [0, 0.1) is 17.8 Å². The molecule has 0 aliphatic carbocycles. The minimum absolute atomic E-state index is 0.0657. The molecule has 0 rings (SSSR count). The highest BCUT2D eigenvalue weighted by Gasteiger charge is 2.19. The van der Waals surface area contributed by atoms with Crippen molar-refractivity contribution in [2.24, 2.45) is 17.8 Å². The molecule has 0 saturated heterocycles. The van der Waals surface area contributed by atoms with E-state index in [0.29, 0.717) is 19.3 Å². The van der Waals surface area contributed by atoms with Gasteiger partial charge in [0, 0.05) is 19.3 Å². The third-order valence-corrected chi connectivity index (χ3v) is 11.4. The predicted molar refractivity (Wildman–Crippen MR) is 243 cm³/mol. The fourth-order valence-corrected chi connectivity index (χ4v) is 7.59. The molecule has 0 aromatic heterocycles. The number of rotatable bonds is 44. The Balaban J connectivity index is 4.25. The fourth-order valence-electron chi connectivity index (χ4n) is 7.59. The van der Waals surface area contributed by atoms with Crippen molar-refractivity contribution in [1.82, 2.24) is 0 Å². The van der Waals surface area contributed by atoms with E-state index in [4.69, 9.17) is 14.2 Å².